The first-order valence-corrected chi connectivity index (χ1v) is 13.2. The van der Waals surface area contributed by atoms with Crippen LogP contribution in [-0.4, -0.2) is 46.5 Å². The molecule has 2 bridgehead atoms. The minimum Gasteiger partial charge on any atom is -1.00 e. The molecule has 0 radical (unpaired) electrons. The van der Waals surface area contributed by atoms with E-state index in [-0.39, 0.29) is 24.4 Å². The van der Waals surface area contributed by atoms with Crippen molar-refractivity contribution in [1.29, 1.82) is 0 Å². The van der Waals surface area contributed by atoms with Crippen LogP contribution in [0.2, 0.25) is 0 Å². The highest BCUT2D eigenvalue weighted by molar-refractivity contribution is 5.88. The van der Waals surface area contributed by atoms with E-state index in [0.29, 0.717) is 29.2 Å². The van der Waals surface area contributed by atoms with Gasteiger partial charge in [0.05, 0.1) is 13.1 Å². The summed E-state index contributed by atoms with van der Waals surface area (Å²) in [6.07, 6.45) is 1.66. The summed E-state index contributed by atoms with van der Waals surface area (Å²) in [4.78, 5) is 13.9. The zero-order valence-corrected chi connectivity index (χ0v) is 22.1. The molecule has 0 saturated carbocycles. The summed E-state index contributed by atoms with van der Waals surface area (Å²) in [5.74, 6) is 1.31. The zero-order chi connectivity index (χ0) is 25.7. The highest BCUT2D eigenvalue weighted by atomic mass is 35.5. The van der Waals surface area contributed by atoms with Gasteiger partial charge in [-0.25, -0.2) is 4.79 Å². The van der Waals surface area contributed by atoms with Crippen LogP contribution in [0, 0.1) is 5.92 Å². The first-order chi connectivity index (χ1) is 18.5. The van der Waals surface area contributed by atoms with Crippen LogP contribution >= 0.6 is 0 Å². The van der Waals surface area contributed by atoms with Gasteiger partial charge in [-0.2, -0.15) is 0 Å². The van der Waals surface area contributed by atoms with E-state index in [9.17, 15) is 9.90 Å². The van der Waals surface area contributed by atoms with Crippen molar-refractivity contribution in [3.05, 3.63) is 102 Å². The van der Waals surface area contributed by atoms with Gasteiger partial charge in [-0.3, -0.25) is 0 Å². The Bertz CT molecular complexity index is 1450. The first kappa shape index (κ1) is 25.6. The molecule has 0 aliphatic carbocycles. The molecule has 5 heterocycles. The van der Waals surface area contributed by atoms with E-state index in [1.54, 1.807) is 36.4 Å². The molecular weight excluding hydrogens is 516 g/mol. The fourth-order valence-electron chi connectivity index (χ4n) is 6.46. The molecule has 1 aromatic heterocycles. The summed E-state index contributed by atoms with van der Waals surface area (Å²) in [6, 6.07) is 26.2. The zero-order valence-electron chi connectivity index (χ0n) is 21.3. The van der Waals surface area contributed by atoms with Crippen LogP contribution in [0.1, 0.15) is 29.7 Å². The Kier molecular flexibility index (Phi) is 6.46. The molecule has 3 fully saturated rings. The normalized spacial score (nSPS) is 24.0. The molecule has 7 nitrogen and oxygen atoms in total. The number of benzene rings is 3. The van der Waals surface area contributed by atoms with E-state index in [1.165, 1.54) is 0 Å². The number of carbonyl (C=O) groups is 1. The molecular formula is C31H29ClN2O5. The summed E-state index contributed by atoms with van der Waals surface area (Å²) < 4.78 is 18.7. The predicted octanol–water partition coefficient (Wildman–Crippen LogP) is 2.04. The molecule has 4 aliphatic heterocycles. The molecule has 8 heteroatoms. The minimum absolute atomic E-state index is 0. The van der Waals surface area contributed by atoms with Crippen molar-refractivity contribution in [3.8, 4) is 22.8 Å². The maximum Gasteiger partial charge on any atom is 0.348 e. The molecule has 0 spiro atoms. The lowest BCUT2D eigenvalue weighted by atomic mass is 9.81. The van der Waals surface area contributed by atoms with Crippen molar-refractivity contribution >= 4 is 5.97 Å². The van der Waals surface area contributed by atoms with E-state index < -0.39 is 11.6 Å². The molecule has 200 valence electrons. The molecule has 3 saturated heterocycles. The third-order valence-corrected chi connectivity index (χ3v) is 8.48. The van der Waals surface area contributed by atoms with Gasteiger partial charge in [0, 0.05) is 41.5 Å². The lowest BCUT2D eigenvalue weighted by Gasteiger charge is -2.52. The van der Waals surface area contributed by atoms with Crippen molar-refractivity contribution in [2.45, 2.75) is 31.1 Å². The number of para-hydroxylation sites is 2. The number of aromatic nitrogens is 1. The molecule has 0 unspecified atom stereocenters. The van der Waals surface area contributed by atoms with Gasteiger partial charge in [-0.1, -0.05) is 71.9 Å². The molecule has 4 aliphatic rings. The van der Waals surface area contributed by atoms with Crippen LogP contribution in [0.25, 0.3) is 11.3 Å². The molecule has 3 aromatic carbocycles. The molecule has 4 aromatic rings. The van der Waals surface area contributed by atoms with Crippen LogP contribution in [0.5, 0.6) is 11.5 Å². The fraction of sp³-hybridized carbons (Fsp3) is 0.290. The molecule has 39 heavy (non-hydrogen) atoms. The van der Waals surface area contributed by atoms with Crippen LogP contribution in [0.15, 0.2) is 89.5 Å². The second-order valence-corrected chi connectivity index (χ2v) is 10.8. The van der Waals surface area contributed by atoms with Crippen molar-refractivity contribution in [1.82, 2.24) is 5.16 Å². The quantitative estimate of drug-likeness (QED) is 0.306. The Balaban J connectivity index is 0.00000277. The Morgan fingerprint density at radius 3 is 2.23 bits per heavy atom. The first-order valence-electron chi connectivity index (χ1n) is 13.2. The largest absolute Gasteiger partial charge is 1.00 e. The Hall–Kier alpha value is -3.65. The summed E-state index contributed by atoms with van der Waals surface area (Å²) in [7, 11) is 0. The molecule has 8 rings (SSSR count). The fourth-order valence-corrected chi connectivity index (χ4v) is 6.46. The summed E-state index contributed by atoms with van der Waals surface area (Å²) in [6.45, 7) is 3.44. The number of carbonyl (C=O) groups excluding carboxylic acids is 1. The molecule has 0 amide bonds. The molecule has 1 atom stereocenters. The Morgan fingerprint density at radius 2 is 1.56 bits per heavy atom. The van der Waals surface area contributed by atoms with E-state index in [2.05, 4.69) is 5.16 Å². The number of quaternary nitrogens is 1. The number of aliphatic hydroxyl groups is 1. The third-order valence-electron chi connectivity index (χ3n) is 8.48. The second-order valence-electron chi connectivity index (χ2n) is 10.8. The van der Waals surface area contributed by atoms with Crippen molar-refractivity contribution in [2.75, 3.05) is 19.6 Å². The Morgan fingerprint density at radius 1 is 0.949 bits per heavy atom. The van der Waals surface area contributed by atoms with Gasteiger partial charge < -0.3 is 36.0 Å². The van der Waals surface area contributed by atoms with E-state index in [4.69, 9.17) is 14.0 Å². The number of esters is 1. The molecule has 1 N–H and O–H groups in total. The summed E-state index contributed by atoms with van der Waals surface area (Å²) in [5, 5.41) is 16.3. The van der Waals surface area contributed by atoms with Gasteiger partial charge in [-0.05, 0) is 12.1 Å². The maximum atomic E-state index is 13.9. The van der Waals surface area contributed by atoms with E-state index in [1.807, 2.05) is 48.5 Å². The number of ether oxygens (including phenoxy) is 2. The van der Waals surface area contributed by atoms with Gasteiger partial charge in [0.1, 0.15) is 30.3 Å². The minimum atomic E-state index is -1.93. The highest BCUT2D eigenvalue weighted by Gasteiger charge is 2.53. The van der Waals surface area contributed by atoms with E-state index >= 15 is 0 Å². The topological polar surface area (TPSA) is 81.8 Å². The highest BCUT2D eigenvalue weighted by Crippen LogP contribution is 2.48. The smallest absolute Gasteiger partial charge is 0.348 e. The third kappa shape index (κ3) is 4.31. The number of rotatable bonds is 5. The Labute approximate surface area is 233 Å². The number of fused-ring (bicyclic) bond motifs is 5. The number of halogens is 1. The SMILES string of the molecule is O=C(O[C@H]1C[N+]2(Cc3cc(-c4ccccc4)on3)CCC1CC2)C1(O)c2ccccc2Oc2ccccc21.[Cl-]. The van der Waals surface area contributed by atoms with Crippen molar-refractivity contribution in [2.24, 2.45) is 5.92 Å². The standard InChI is InChI=1S/C31H29N2O5.ClH/c34-30(31(35)24-10-4-6-12-26(24)36-27-13-7-5-11-25(27)31)37-29-20-33(16-14-22(29)15-17-33)19-23-18-28(38-32-23)21-8-2-1-3-9-21;/h1-13,18,22,29,35H,14-17,19-20H2;1H/q+1;/p-1/t22?,29-,33?;/m0./s1. The van der Waals surface area contributed by atoms with Crippen molar-refractivity contribution in [3.63, 3.8) is 0 Å². The van der Waals surface area contributed by atoms with Crippen LogP contribution in [-0.2, 0) is 21.7 Å². The number of piperidine rings is 3. The maximum absolute atomic E-state index is 13.9. The second kappa shape index (κ2) is 9.83. The average Bonchev–Trinajstić information content (AvgIpc) is 3.42. The summed E-state index contributed by atoms with van der Waals surface area (Å²) >= 11 is 0. The van der Waals surface area contributed by atoms with Gasteiger partial charge in [0.25, 0.3) is 0 Å². The van der Waals surface area contributed by atoms with Crippen LogP contribution in [0.3, 0.4) is 0 Å². The predicted molar refractivity (Wildman–Crippen MR) is 139 cm³/mol. The average molecular weight is 545 g/mol. The van der Waals surface area contributed by atoms with Gasteiger partial charge in [0.15, 0.2) is 11.9 Å². The van der Waals surface area contributed by atoms with Gasteiger partial charge in [-0.15, -0.1) is 0 Å². The van der Waals surface area contributed by atoms with Crippen LogP contribution < -0.4 is 17.1 Å². The lowest BCUT2D eigenvalue weighted by molar-refractivity contribution is -0.958. The summed E-state index contributed by atoms with van der Waals surface area (Å²) in [5.41, 5.74) is 0.787. The lowest BCUT2D eigenvalue weighted by Crippen LogP contribution is -3.00. The van der Waals surface area contributed by atoms with Crippen molar-refractivity contribution < 1.29 is 40.8 Å². The number of hydrogen-bond acceptors (Lipinski definition) is 6. The number of hydrogen-bond donors (Lipinski definition) is 1. The van der Waals surface area contributed by atoms with Gasteiger partial charge >= 0.3 is 5.97 Å². The van der Waals surface area contributed by atoms with Crippen LogP contribution in [0.4, 0.5) is 0 Å². The van der Waals surface area contributed by atoms with Gasteiger partial charge in [0.2, 0.25) is 5.60 Å². The monoisotopic (exact) mass is 544 g/mol. The number of nitrogens with zero attached hydrogens (tertiary/aromatic N) is 2. The van der Waals surface area contributed by atoms with E-state index in [0.717, 1.165) is 54.0 Å².